The average Bonchev–Trinajstić information content (AvgIpc) is 3.24. The highest BCUT2D eigenvalue weighted by Crippen LogP contribution is 2.31. The van der Waals surface area contributed by atoms with Gasteiger partial charge in [-0.1, -0.05) is 37.4 Å². The zero-order valence-electron chi connectivity index (χ0n) is 33.1. The van der Waals surface area contributed by atoms with Crippen LogP contribution >= 0.6 is 0 Å². The van der Waals surface area contributed by atoms with Crippen LogP contribution in [0.15, 0.2) is 137 Å². The van der Waals surface area contributed by atoms with E-state index in [0.717, 1.165) is 49.0 Å². The number of ether oxygens (including phenoxy) is 5. The number of rotatable bonds is 20. The molecule has 12 heteroatoms. The van der Waals surface area contributed by atoms with Gasteiger partial charge in [0.05, 0.1) is 41.9 Å². The van der Waals surface area contributed by atoms with E-state index in [0.29, 0.717) is 59.6 Å². The van der Waals surface area contributed by atoms with Crippen LogP contribution in [-0.4, -0.2) is 48.7 Å². The number of carbonyl (C=O) groups excluding carboxylic acids is 4. The van der Waals surface area contributed by atoms with Crippen LogP contribution in [0.5, 0.6) is 17.2 Å². The topological polar surface area (TPSA) is 158 Å². The molecule has 5 aromatic rings. The molecule has 0 saturated heterocycles. The molecule has 1 aliphatic rings. The number of hydrogen-bond donors (Lipinski definition) is 0. The summed E-state index contributed by atoms with van der Waals surface area (Å²) in [4.78, 5) is 65.8. The van der Waals surface area contributed by atoms with Crippen molar-refractivity contribution in [1.29, 1.82) is 0 Å². The van der Waals surface area contributed by atoms with Gasteiger partial charge in [0.1, 0.15) is 17.2 Å². The van der Waals surface area contributed by atoms with Gasteiger partial charge in [-0.3, -0.25) is 0 Å². The molecule has 0 unspecified atom stereocenters. The largest absolute Gasteiger partial charge is 0.494 e. The molecule has 0 spiro atoms. The monoisotopic (exact) mass is 809 g/mol. The average molecular weight is 810 g/mol. The van der Waals surface area contributed by atoms with Crippen LogP contribution in [0.4, 0.5) is 0 Å². The van der Waals surface area contributed by atoms with Crippen molar-refractivity contribution >= 4 is 40.4 Å². The molecule has 0 amide bonds. The highest BCUT2D eigenvalue weighted by Gasteiger charge is 2.17. The fraction of sp³-hybridized carbons (Fsp3) is 0.208. The number of aromatic nitrogens is 1. The molecule has 306 valence electrons. The summed E-state index contributed by atoms with van der Waals surface area (Å²) in [5, 5.41) is 0.145. The van der Waals surface area contributed by atoms with Gasteiger partial charge in [0.2, 0.25) is 5.89 Å². The van der Waals surface area contributed by atoms with Crippen molar-refractivity contribution in [3.8, 4) is 28.7 Å². The van der Waals surface area contributed by atoms with E-state index in [1.54, 1.807) is 73.7 Å². The van der Waals surface area contributed by atoms with Gasteiger partial charge in [-0.2, -0.15) is 0 Å². The van der Waals surface area contributed by atoms with Crippen molar-refractivity contribution in [3.05, 3.63) is 161 Å². The molecule has 0 atom stereocenters. The minimum absolute atomic E-state index is 0.0651. The number of aryl methyl sites for hydroxylation is 1. The summed E-state index contributed by atoms with van der Waals surface area (Å²) >= 11 is 0. The van der Waals surface area contributed by atoms with E-state index in [-0.39, 0.29) is 29.4 Å². The molecular formula is C48H43NO11. The van der Waals surface area contributed by atoms with Crippen LogP contribution in [0, 0.1) is 6.92 Å². The molecule has 0 saturated carbocycles. The molecule has 1 aliphatic carbocycles. The number of allylic oxidation sites excluding steroid dienone is 4. The molecule has 1 aromatic heterocycles. The van der Waals surface area contributed by atoms with E-state index >= 15 is 0 Å². The van der Waals surface area contributed by atoms with Crippen LogP contribution in [0.25, 0.3) is 27.9 Å². The van der Waals surface area contributed by atoms with E-state index in [1.165, 1.54) is 11.6 Å². The zero-order chi connectivity index (χ0) is 42.4. The molecule has 0 bridgehead atoms. The quantitative estimate of drug-likeness (QED) is 0.0318. The summed E-state index contributed by atoms with van der Waals surface area (Å²) in [5.74, 6) is -0.864. The summed E-state index contributed by atoms with van der Waals surface area (Å²) in [6.45, 7) is 9.59. The second-order valence-electron chi connectivity index (χ2n) is 13.8. The lowest BCUT2D eigenvalue weighted by atomic mass is 9.89. The molecule has 1 heterocycles. The van der Waals surface area contributed by atoms with Gasteiger partial charge in [0.15, 0.2) is 0 Å². The first-order chi connectivity index (χ1) is 29.1. The van der Waals surface area contributed by atoms with Crippen molar-refractivity contribution < 1.29 is 47.3 Å². The van der Waals surface area contributed by atoms with E-state index < -0.39 is 29.5 Å². The van der Waals surface area contributed by atoms with E-state index in [9.17, 15) is 24.0 Å². The Kier molecular flexibility index (Phi) is 14.4. The normalized spacial score (nSPS) is 11.7. The first-order valence-corrected chi connectivity index (χ1v) is 19.4. The molecule has 60 heavy (non-hydrogen) atoms. The maximum absolute atomic E-state index is 13.1. The Balaban J connectivity index is 0.988. The third-order valence-corrected chi connectivity index (χ3v) is 9.40. The van der Waals surface area contributed by atoms with Gasteiger partial charge < -0.3 is 28.1 Å². The lowest BCUT2D eigenvalue weighted by Crippen LogP contribution is -2.11. The maximum atomic E-state index is 13.1. The Bertz CT molecular complexity index is 2510. The summed E-state index contributed by atoms with van der Waals surface area (Å²) in [7, 11) is 0. The Labute approximate surface area is 346 Å². The maximum Gasteiger partial charge on any atom is 0.347 e. The van der Waals surface area contributed by atoms with Gasteiger partial charge in [-0.25, -0.2) is 29.0 Å². The van der Waals surface area contributed by atoms with Gasteiger partial charge in [0, 0.05) is 17.7 Å². The van der Waals surface area contributed by atoms with Crippen LogP contribution in [0.1, 0.15) is 70.4 Å². The fourth-order valence-electron chi connectivity index (χ4n) is 6.08. The lowest BCUT2D eigenvalue weighted by molar-refractivity contribution is -0.138. The Morgan fingerprint density at radius 3 is 1.88 bits per heavy atom. The number of nitrogens with zero attached hydrogens (tertiary/aromatic N) is 1. The minimum atomic E-state index is -0.663. The van der Waals surface area contributed by atoms with Crippen molar-refractivity contribution in [2.45, 2.75) is 45.4 Å². The predicted octanol–water partition coefficient (Wildman–Crippen LogP) is 9.10. The Morgan fingerprint density at radius 1 is 0.667 bits per heavy atom. The van der Waals surface area contributed by atoms with Crippen molar-refractivity contribution in [3.63, 3.8) is 0 Å². The molecule has 0 N–H and O–H groups in total. The summed E-state index contributed by atoms with van der Waals surface area (Å²) in [5.41, 5.74) is 4.75. The van der Waals surface area contributed by atoms with Crippen molar-refractivity contribution in [2.75, 3.05) is 19.8 Å². The minimum Gasteiger partial charge on any atom is -0.494 e. The van der Waals surface area contributed by atoms with E-state index in [1.807, 2.05) is 12.1 Å². The first-order valence-electron chi connectivity index (χ1n) is 19.4. The Hall–Kier alpha value is -7.34. The summed E-state index contributed by atoms with van der Waals surface area (Å²) in [6, 6.07) is 23.1. The molecule has 12 nitrogen and oxygen atoms in total. The Morgan fingerprint density at radius 2 is 1.23 bits per heavy atom. The SMILES string of the molecule is C=CC(=O)OCCCCCC1=CC(c2ccc(C(=O)Oc3cc4c(=O)oc(-c5ccc(OC(=O)c6ccc(OCCCCOC(=O)C=C)cc6)cc5)nc4cc3C)cc2)=C1. The van der Waals surface area contributed by atoms with Gasteiger partial charge in [-0.05, 0) is 141 Å². The molecule has 4 aromatic carbocycles. The van der Waals surface area contributed by atoms with Crippen LogP contribution < -0.4 is 19.8 Å². The lowest BCUT2D eigenvalue weighted by Gasteiger charge is -2.16. The van der Waals surface area contributed by atoms with Gasteiger partial charge >= 0.3 is 29.5 Å². The van der Waals surface area contributed by atoms with Crippen LogP contribution in [-0.2, 0) is 19.1 Å². The van der Waals surface area contributed by atoms with E-state index in [2.05, 4.69) is 30.3 Å². The summed E-state index contributed by atoms with van der Waals surface area (Å²) in [6.07, 6.45) is 11.6. The summed E-state index contributed by atoms with van der Waals surface area (Å²) < 4.78 is 32.4. The van der Waals surface area contributed by atoms with Crippen molar-refractivity contribution in [1.82, 2.24) is 4.98 Å². The van der Waals surface area contributed by atoms with Gasteiger partial charge in [-0.15, -0.1) is 0 Å². The number of benzene rings is 4. The third-order valence-electron chi connectivity index (χ3n) is 9.40. The highest BCUT2D eigenvalue weighted by molar-refractivity contribution is 5.94. The van der Waals surface area contributed by atoms with Crippen LogP contribution in [0.3, 0.4) is 0 Å². The number of esters is 4. The highest BCUT2D eigenvalue weighted by atomic mass is 16.5. The second kappa shape index (κ2) is 20.4. The molecule has 0 radical (unpaired) electrons. The molecule has 6 rings (SSSR count). The van der Waals surface area contributed by atoms with Crippen LogP contribution in [0.2, 0.25) is 0 Å². The number of fused-ring (bicyclic) bond motifs is 1. The molecule has 0 fully saturated rings. The molecular weight excluding hydrogens is 767 g/mol. The number of unbranched alkanes of at least 4 members (excludes halogenated alkanes) is 3. The third kappa shape index (κ3) is 11.4. The number of carbonyl (C=O) groups is 4. The standard InChI is InChI=1S/C48H43NO11/c1-4-43(50)56-25-8-6-7-11-32-28-37(29-32)33-12-14-35(15-13-33)47(53)59-42-30-40-41(27-31(42)3)49-45(60-48(40)54)34-16-22-39(23-17-34)58-46(52)36-18-20-38(21-19-36)55-24-9-10-26-57-44(51)5-2/h4-5,12-23,27-30H,1-2,6-11,24-26H2,3H3. The second-order valence-corrected chi connectivity index (χ2v) is 13.8. The zero-order valence-corrected chi connectivity index (χ0v) is 33.1. The molecule has 0 aliphatic heterocycles. The fourth-order valence-corrected chi connectivity index (χ4v) is 6.08. The van der Waals surface area contributed by atoms with Crippen molar-refractivity contribution in [2.24, 2.45) is 0 Å². The predicted molar refractivity (Wildman–Crippen MR) is 225 cm³/mol. The van der Waals surface area contributed by atoms with Gasteiger partial charge in [0.25, 0.3) is 0 Å². The number of hydrogen-bond acceptors (Lipinski definition) is 12. The smallest absolute Gasteiger partial charge is 0.347 e. The van der Waals surface area contributed by atoms with E-state index in [4.69, 9.17) is 28.1 Å². The first kappa shape index (κ1) is 42.3.